The molecule has 0 amide bonds. The van der Waals surface area contributed by atoms with Crippen LogP contribution in [-0.4, -0.2) is 30.9 Å². The molecule has 1 aromatic rings. The number of hydrogen-bond donors (Lipinski definition) is 1. The number of hydrogen-bond acceptors (Lipinski definition) is 3. The second kappa shape index (κ2) is 5.00. The summed E-state index contributed by atoms with van der Waals surface area (Å²) in [5, 5.41) is 9.02. The quantitative estimate of drug-likeness (QED) is 0.822. The molecular weight excluding hydrogens is 238 g/mol. The maximum atomic E-state index is 12.3. The van der Waals surface area contributed by atoms with Crippen LogP contribution in [0.1, 0.15) is 12.0 Å². The number of sulfonamides is 1. The molecule has 0 atom stereocenters. The van der Waals surface area contributed by atoms with E-state index in [-0.39, 0.29) is 11.5 Å². The maximum absolute atomic E-state index is 12.3. The van der Waals surface area contributed by atoms with E-state index >= 15 is 0 Å². The summed E-state index contributed by atoms with van der Waals surface area (Å²) in [5.74, 6) is 0. The van der Waals surface area contributed by atoms with Crippen LogP contribution in [-0.2, 0) is 16.6 Å². The number of aliphatic hydroxyl groups is 1. The molecule has 0 aliphatic carbocycles. The van der Waals surface area contributed by atoms with Gasteiger partial charge >= 0.3 is 0 Å². The van der Waals surface area contributed by atoms with E-state index in [4.69, 9.17) is 5.11 Å². The first kappa shape index (κ1) is 12.3. The fraction of sp³-hybridized carbons (Fsp3) is 0.333. The molecule has 0 fully saturated rings. The summed E-state index contributed by atoms with van der Waals surface area (Å²) in [6, 6.07) is 6.44. The largest absolute Gasteiger partial charge is 0.392 e. The van der Waals surface area contributed by atoms with Crippen LogP contribution in [0.5, 0.6) is 0 Å². The van der Waals surface area contributed by atoms with Gasteiger partial charge in [-0.05, 0) is 24.1 Å². The normalized spacial score (nSPS) is 17.2. The minimum Gasteiger partial charge on any atom is -0.392 e. The first-order chi connectivity index (χ1) is 8.14. The summed E-state index contributed by atoms with van der Waals surface area (Å²) in [5.41, 5.74) is 0.610. The molecule has 2 rings (SSSR count). The number of rotatable bonds is 3. The number of benzene rings is 1. The van der Waals surface area contributed by atoms with E-state index in [1.807, 2.05) is 12.2 Å². The Kier molecular flexibility index (Phi) is 3.61. The number of aliphatic hydroxyl groups excluding tert-OH is 1. The molecule has 0 saturated heterocycles. The van der Waals surface area contributed by atoms with Gasteiger partial charge in [-0.2, -0.15) is 4.31 Å². The van der Waals surface area contributed by atoms with Crippen molar-refractivity contribution in [1.29, 1.82) is 0 Å². The Morgan fingerprint density at radius 1 is 1.29 bits per heavy atom. The molecule has 1 aromatic carbocycles. The van der Waals surface area contributed by atoms with E-state index in [1.165, 1.54) is 10.4 Å². The zero-order chi connectivity index (χ0) is 12.3. The first-order valence-electron chi connectivity index (χ1n) is 5.49. The average Bonchev–Trinajstić information content (AvgIpc) is 2.40. The average molecular weight is 253 g/mol. The predicted octanol–water partition coefficient (Wildman–Crippen LogP) is 1.13. The Morgan fingerprint density at radius 2 is 2.12 bits per heavy atom. The van der Waals surface area contributed by atoms with Crippen LogP contribution in [0.2, 0.25) is 0 Å². The highest BCUT2D eigenvalue weighted by Crippen LogP contribution is 2.19. The molecule has 0 aromatic heterocycles. The zero-order valence-corrected chi connectivity index (χ0v) is 10.2. The SMILES string of the molecule is O=S(=O)(c1cccc(CO)c1)N1CC=CCC1. The summed E-state index contributed by atoms with van der Waals surface area (Å²) in [7, 11) is -3.42. The standard InChI is InChI=1S/C12H15NO3S/c14-10-11-5-4-6-12(9-11)17(15,16)13-7-2-1-3-8-13/h1-2,4-6,9,14H,3,7-8,10H2. The summed E-state index contributed by atoms with van der Waals surface area (Å²) in [6.07, 6.45) is 4.59. The highest BCUT2D eigenvalue weighted by Gasteiger charge is 2.24. The van der Waals surface area contributed by atoms with Gasteiger partial charge in [0.25, 0.3) is 0 Å². The molecule has 0 spiro atoms. The van der Waals surface area contributed by atoms with Crippen LogP contribution in [0.4, 0.5) is 0 Å². The highest BCUT2D eigenvalue weighted by molar-refractivity contribution is 7.89. The molecule has 92 valence electrons. The fourth-order valence-corrected chi connectivity index (χ4v) is 3.27. The zero-order valence-electron chi connectivity index (χ0n) is 9.41. The van der Waals surface area contributed by atoms with E-state index in [1.54, 1.807) is 18.2 Å². The topological polar surface area (TPSA) is 57.6 Å². The van der Waals surface area contributed by atoms with Gasteiger partial charge in [0.05, 0.1) is 11.5 Å². The summed E-state index contributed by atoms with van der Waals surface area (Å²) in [6.45, 7) is 0.789. The molecule has 5 heteroatoms. The third-order valence-corrected chi connectivity index (χ3v) is 4.60. The van der Waals surface area contributed by atoms with Gasteiger partial charge in [0, 0.05) is 13.1 Å². The summed E-state index contributed by atoms with van der Waals surface area (Å²) < 4.78 is 26.0. The first-order valence-corrected chi connectivity index (χ1v) is 6.93. The Balaban J connectivity index is 2.33. The lowest BCUT2D eigenvalue weighted by atomic mass is 10.2. The van der Waals surface area contributed by atoms with Gasteiger partial charge in [-0.25, -0.2) is 8.42 Å². The molecule has 0 saturated carbocycles. The van der Waals surface area contributed by atoms with Gasteiger partial charge in [-0.15, -0.1) is 0 Å². The molecule has 4 nitrogen and oxygen atoms in total. The van der Waals surface area contributed by atoms with E-state index < -0.39 is 10.0 Å². The lowest BCUT2D eigenvalue weighted by Crippen LogP contribution is -2.33. The lowest BCUT2D eigenvalue weighted by Gasteiger charge is -2.22. The lowest BCUT2D eigenvalue weighted by molar-refractivity contribution is 0.281. The second-order valence-electron chi connectivity index (χ2n) is 3.93. The molecule has 1 aliphatic rings. The Bertz CT molecular complexity index is 522. The fourth-order valence-electron chi connectivity index (χ4n) is 1.79. The van der Waals surface area contributed by atoms with Crippen LogP contribution >= 0.6 is 0 Å². The van der Waals surface area contributed by atoms with Crippen molar-refractivity contribution in [3.8, 4) is 0 Å². The Labute approximate surface area is 101 Å². The Morgan fingerprint density at radius 3 is 2.76 bits per heavy atom. The van der Waals surface area contributed by atoms with Crippen LogP contribution in [0.15, 0.2) is 41.3 Å². The van der Waals surface area contributed by atoms with Gasteiger partial charge in [0.15, 0.2) is 0 Å². The van der Waals surface area contributed by atoms with Crippen molar-refractivity contribution in [2.45, 2.75) is 17.9 Å². The molecule has 0 radical (unpaired) electrons. The maximum Gasteiger partial charge on any atom is 0.243 e. The van der Waals surface area contributed by atoms with Crippen molar-refractivity contribution in [3.05, 3.63) is 42.0 Å². The third kappa shape index (κ3) is 2.57. The van der Waals surface area contributed by atoms with Crippen LogP contribution in [0, 0.1) is 0 Å². The van der Waals surface area contributed by atoms with Gasteiger partial charge in [-0.1, -0.05) is 24.3 Å². The van der Waals surface area contributed by atoms with E-state index in [0.717, 1.165) is 6.42 Å². The second-order valence-corrected chi connectivity index (χ2v) is 5.87. The molecule has 1 aliphatic heterocycles. The third-order valence-electron chi connectivity index (χ3n) is 2.74. The highest BCUT2D eigenvalue weighted by atomic mass is 32.2. The van der Waals surface area contributed by atoms with Gasteiger partial charge in [-0.3, -0.25) is 0 Å². The summed E-state index contributed by atoms with van der Waals surface area (Å²) in [4.78, 5) is 0.249. The van der Waals surface area contributed by atoms with Crippen LogP contribution in [0.3, 0.4) is 0 Å². The molecule has 0 bridgehead atoms. The predicted molar refractivity (Wildman–Crippen MR) is 64.9 cm³/mol. The van der Waals surface area contributed by atoms with Crippen LogP contribution < -0.4 is 0 Å². The molecule has 0 unspecified atom stereocenters. The molecule has 17 heavy (non-hydrogen) atoms. The van der Waals surface area contributed by atoms with Gasteiger partial charge < -0.3 is 5.11 Å². The van der Waals surface area contributed by atoms with Crippen molar-refractivity contribution in [2.75, 3.05) is 13.1 Å². The van der Waals surface area contributed by atoms with Crippen molar-refractivity contribution in [1.82, 2.24) is 4.31 Å². The monoisotopic (exact) mass is 253 g/mol. The van der Waals surface area contributed by atoms with Crippen LogP contribution in [0.25, 0.3) is 0 Å². The number of nitrogens with zero attached hydrogens (tertiary/aromatic N) is 1. The van der Waals surface area contributed by atoms with E-state index in [0.29, 0.717) is 18.7 Å². The van der Waals surface area contributed by atoms with Crippen molar-refractivity contribution < 1.29 is 13.5 Å². The van der Waals surface area contributed by atoms with E-state index in [2.05, 4.69) is 0 Å². The van der Waals surface area contributed by atoms with Crippen molar-refractivity contribution >= 4 is 10.0 Å². The van der Waals surface area contributed by atoms with Gasteiger partial charge in [0.2, 0.25) is 10.0 Å². The van der Waals surface area contributed by atoms with Gasteiger partial charge in [0.1, 0.15) is 0 Å². The van der Waals surface area contributed by atoms with Crippen molar-refractivity contribution in [3.63, 3.8) is 0 Å². The minimum absolute atomic E-state index is 0.150. The van der Waals surface area contributed by atoms with Crippen molar-refractivity contribution in [2.24, 2.45) is 0 Å². The Hall–Kier alpha value is -1.17. The molecule has 1 heterocycles. The smallest absolute Gasteiger partial charge is 0.243 e. The van der Waals surface area contributed by atoms with E-state index in [9.17, 15) is 8.42 Å². The molecular formula is C12H15NO3S. The summed E-state index contributed by atoms with van der Waals surface area (Å²) >= 11 is 0. The molecule has 1 N–H and O–H groups in total. The minimum atomic E-state index is -3.42.